The fourth-order valence-electron chi connectivity index (χ4n) is 3.36. The molecule has 1 fully saturated rings. The molecule has 3 heterocycles. The third-order valence-electron chi connectivity index (χ3n) is 5.08. The van der Waals surface area contributed by atoms with Gasteiger partial charge in [-0.1, -0.05) is 25.4 Å². The van der Waals surface area contributed by atoms with Gasteiger partial charge in [-0.05, 0) is 18.1 Å². The van der Waals surface area contributed by atoms with Crippen LogP contribution in [0.2, 0.25) is 5.02 Å². The third-order valence-corrected chi connectivity index (χ3v) is 5.38. The van der Waals surface area contributed by atoms with E-state index in [-0.39, 0.29) is 42.6 Å². The van der Waals surface area contributed by atoms with Gasteiger partial charge in [-0.25, -0.2) is 19.7 Å². The number of fused-ring (bicyclic) bond motifs is 1. The van der Waals surface area contributed by atoms with Crippen LogP contribution in [-0.2, 0) is 11.3 Å². The lowest BCUT2D eigenvalue weighted by molar-refractivity contribution is 0.177. The SMILES string of the molecule is COc1cc2[nH]c(=O)c(CNc3ncnc(N4C(=O)OC[C@@H]4C(C)C)n3)cc2cc1Cl. The highest BCUT2D eigenvalue weighted by Gasteiger charge is 2.38. The highest BCUT2D eigenvalue weighted by Crippen LogP contribution is 2.29. The smallest absolute Gasteiger partial charge is 0.417 e. The third kappa shape index (κ3) is 4.11. The van der Waals surface area contributed by atoms with Gasteiger partial charge in [0.1, 0.15) is 18.7 Å². The molecule has 0 unspecified atom stereocenters. The maximum atomic E-state index is 12.5. The van der Waals surface area contributed by atoms with Crippen LogP contribution in [0.25, 0.3) is 10.9 Å². The van der Waals surface area contributed by atoms with Gasteiger partial charge in [0.15, 0.2) is 0 Å². The van der Waals surface area contributed by atoms with E-state index in [0.717, 1.165) is 5.39 Å². The Morgan fingerprint density at radius 3 is 2.87 bits per heavy atom. The van der Waals surface area contributed by atoms with E-state index in [1.807, 2.05) is 13.8 Å². The molecule has 1 aliphatic rings. The molecule has 162 valence electrons. The van der Waals surface area contributed by atoms with Crippen LogP contribution < -0.4 is 20.5 Å². The van der Waals surface area contributed by atoms with Gasteiger partial charge in [0.2, 0.25) is 11.9 Å². The van der Waals surface area contributed by atoms with Crippen molar-refractivity contribution in [2.75, 3.05) is 23.9 Å². The Balaban J connectivity index is 1.56. The van der Waals surface area contributed by atoms with Crippen LogP contribution in [0.15, 0.2) is 29.3 Å². The zero-order valence-electron chi connectivity index (χ0n) is 17.2. The fraction of sp³-hybridized carbons (Fsp3) is 0.350. The van der Waals surface area contributed by atoms with E-state index >= 15 is 0 Å². The van der Waals surface area contributed by atoms with Gasteiger partial charge in [0.05, 0.1) is 23.7 Å². The number of aromatic nitrogens is 4. The molecule has 0 spiro atoms. The Kier molecular flexibility index (Phi) is 5.64. The number of carbonyl (C=O) groups is 1. The van der Waals surface area contributed by atoms with Crippen LogP contribution >= 0.6 is 11.6 Å². The van der Waals surface area contributed by atoms with Crippen LogP contribution in [0.5, 0.6) is 5.75 Å². The Morgan fingerprint density at radius 2 is 2.13 bits per heavy atom. The quantitative estimate of drug-likeness (QED) is 0.595. The summed E-state index contributed by atoms with van der Waals surface area (Å²) < 4.78 is 10.3. The number of rotatable bonds is 6. The molecule has 3 aromatic rings. The number of aromatic amines is 1. The predicted molar refractivity (Wildman–Crippen MR) is 116 cm³/mol. The van der Waals surface area contributed by atoms with E-state index in [4.69, 9.17) is 21.1 Å². The molecule has 1 aromatic carbocycles. The predicted octanol–water partition coefficient (Wildman–Crippen LogP) is 2.97. The van der Waals surface area contributed by atoms with Gasteiger partial charge in [0.25, 0.3) is 5.56 Å². The van der Waals surface area contributed by atoms with Crippen LogP contribution in [0.3, 0.4) is 0 Å². The summed E-state index contributed by atoms with van der Waals surface area (Å²) in [6, 6.07) is 4.98. The molecular weight excluding hydrogens is 424 g/mol. The largest absolute Gasteiger partial charge is 0.495 e. The Labute approximate surface area is 182 Å². The van der Waals surface area contributed by atoms with Gasteiger partial charge in [0, 0.05) is 23.6 Å². The van der Waals surface area contributed by atoms with Crippen molar-refractivity contribution < 1.29 is 14.3 Å². The number of carbonyl (C=O) groups excluding carboxylic acids is 1. The summed E-state index contributed by atoms with van der Waals surface area (Å²) in [7, 11) is 1.51. The molecule has 0 aliphatic carbocycles. The van der Waals surface area contributed by atoms with Gasteiger partial charge in [-0.2, -0.15) is 4.98 Å². The number of ether oxygens (including phenoxy) is 2. The van der Waals surface area contributed by atoms with Crippen molar-refractivity contribution in [3.05, 3.63) is 45.5 Å². The molecule has 31 heavy (non-hydrogen) atoms. The first-order chi connectivity index (χ1) is 14.9. The second-order valence-electron chi connectivity index (χ2n) is 7.42. The first-order valence-corrected chi connectivity index (χ1v) is 10.0. The number of methoxy groups -OCH3 is 1. The van der Waals surface area contributed by atoms with Gasteiger partial charge in [-0.15, -0.1) is 0 Å². The molecule has 11 heteroatoms. The Hall–Kier alpha value is -3.40. The summed E-state index contributed by atoms with van der Waals surface area (Å²) in [4.78, 5) is 41.4. The first kappa shape index (κ1) is 20.9. The minimum atomic E-state index is -0.492. The maximum absolute atomic E-state index is 12.5. The lowest BCUT2D eigenvalue weighted by Gasteiger charge is -2.22. The zero-order chi connectivity index (χ0) is 22.1. The minimum Gasteiger partial charge on any atom is -0.495 e. The Morgan fingerprint density at radius 1 is 1.32 bits per heavy atom. The number of hydrogen-bond acceptors (Lipinski definition) is 8. The molecule has 2 aromatic heterocycles. The number of halogens is 1. The summed E-state index contributed by atoms with van der Waals surface area (Å²) in [6.07, 6.45) is 0.818. The second kappa shape index (κ2) is 8.38. The number of nitrogens with zero attached hydrogens (tertiary/aromatic N) is 4. The number of H-pyrrole nitrogens is 1. The van der Waals surface area contributed by atoms with E-state index in [2.05, 4.69) is 25.3 Å². The fourth-order valence-corrected chi connectivity index (χ4v) is 3.61. The number of amides is 1. The van der Waals surface area contributed by atoms with E-state index in [0.29, 0.717) is 21.9 Å². The number of nitrogens with one attached hydrogen (secondary N) is 2. The normalized spacial score (nSPS) is 16.1. The van der Waals surface area contributed by atoms with Crippen molar-refractivity contribution in [3.63, 3.8) is 0 Å². The van der Waals surface area contributed by atoms with Crippen LogP contribution in [0, 0.1) is 5.92 Å². The summed E-state index contributed by atoms with van der Waals surface area (Å²) in [6.45, 7) is 4.43. The highest BCUT2D eigenvalue weighted by atomic mass is 35.5. The number of pyridine rings is 1. The monoisotopic (exact) mass is 444 g/mol. The van der Waals surface area contributed by atoms with Crippen molar-refractivity contribution in [2.45, 2.75) is 26.4 Å². The van der Waals surface area contributed by atoms with E-state index in [9.17, 15) is 9.59 Å². The molecule has 4 rings (SSSR count). The lowest BCUT2D eigenvalue weighted by Crippen LogP contribution is -2.38. The summed E-state index contributed by atoms with van der Waals surface area (Å²) in [5.74, 6) is 1.08. The van der Waals surface area contributed by atoms with Crippen LogP contribution in [0.4, 0.5) is 16.7 Å². The van der Waals surface area contributed by atoms with Crippen molar-refractivity contribution in [2.24, 2.45) is 5.92 Å². The molecule has 0 radical (unpaired) electrons. The summed E-state index contributed by atoms with van der Waals surface area (Å²) in [5, 5.41) is 4.21. The zero-order valence-corrected chi connectivity index (χ0v) is 17.9. The van der Waals surface area contributed by atoms with E-state index in [1.165, 1.54) is 18.3 Å². The minimum absolute atomic E-state index is 0.159. The summed E-state index contributed by atoms with van der Waals surface area (Å²) in [5.41, 5.74) is 0.822. The average Bonchev–Trinajstić information content (AvgIpc) is 3.14. The molecule has 2 N–H and O–H groups in total. The van der Waals surface area contributed by atoms with E-state index in [1.54, 1.807) is 18.2 Å². The molecular formula is C20H21ClN6O4. The number of benzene rings is 1. The molecule has 10 nitrogen and oxygen atoms in total. The van der Waals surface area contributed by atoms with Gasteiger partial charge >= 0.3 is 6.09 Å². The standard InChI is InChI=1S/C20H21ClN6O4/c1-10(2)15-8-31-20(29)27(15)19-24-9-23-18(26-19)22-7-12-4-11-5-13(21)16(30-3)6-14(11)25-17(12)28/h4-6,9-10,15H,7-8H2,1-3H3,(H,25,28)(H,22,23,24,26)/t15-/m1/s1. The molecule has 1 amide bonds. The van der Waals surface area contributed by atoms with Gasteiger partial charge < -0.3 is 19.8 Å². The molecule has 1 saturated heterocycles. The van der Waals surface area contributed by atoms with Crippen molar-refractivity contribution in [1.82, 2.24) is 19.9 Å². The molecule has 0 bridgehead atoms. The van der Waals surface area contributed by atoms with Crippen LogP contribution in [0.1, 0.15) is 19.4 Å². The molecule has 1 aliphatic heterocycles. The van der Waals surface area contributed by atoms with E-state index < -0.39 is 6.09 Å². The topological polar surface area (TPSA) is 122 Å². The number of anilines is 2. The molecule has 0 saturated carbocycles. The van der Waals surface area contributed by atoms with Gasteiger partial charge in [-0.3, -0.25) is 4.79 Å². The number of cyclic esters (lactones) is 1. The first-order valence-electron chi connectivity index (χ1n) is 9.65. The van der Waals surface area contributed by atoms with Crippen LogP contribution in [-0.4, -0.2) is 45.8 Å². The van der Waals surface area contributed by atoms with Crippen molar-refractivity contribution in [1.29, 1.82) is 0 Å². The average molecular weight is 445 g/mol. The lowest BCUT2D eigenvalue weighted by atomic mass is 10.1. The van der Waals surface area contributed by atoms with Crippen molar-refractivity contribution >= 4 is 40.5 Å². The second-order valence-corrected chi connectivity index (χ2v) is 7.83. The summed E-state index contributed by atoms with van der Waals surface area (Å²) >= 11 is 6.19. The van der Waals surface area contributed by atoms with Crippen molar-refractivity contribution in [3.8, 4) is 5.75 Å². The highest BCUT2D eigenvalue weighted by molar-refractivity contribution is 6.32. The Bertz CT molecular complexity index is 1200. The number of hydrogen-bond donors (Lipinski definition) is 2. The maximum Gasteiger partial charge on any atom is 0.417 e. The molecule has 1 atom stereocenters.